The summed E-state index contributed by atoms with van der Waals surface area (Å²) in [6.07, 6.45) is 0. The van der Waals surface area contributed by atoms with Crippen molar-refractivity contribution in [2.45, 2.75) is 19.9 Å². The van der Waals surface area contributed by atoms with Crippen molar-refractivity contribution in [3.8, 4) is 0 Å². The van der Waals surface area contributed by atoms with Crippen LogP contribution in [0, 0.1) is 5.82 Å². The van der Waals surface area contributed by atoms with Crippen LogP contribution in [0.1, 0.15) is 19.4 Å². The van der Waals surface area contributed by atoms with Gasteiger partial charge in [-0.05, 0) is 19.9 Å². The molecule has 90 valence electrons. The Kier molecular flexibility index (Phi) is 3.78. The van der Waals surface area contributed by atoms with Gasteiger partial charge in [-0.25, -0.2) is 4.39 Å². The molecule has 5 heteroatoms. The van der Waals surface area contributed by atoms with Crippen LogP contribution in [0.15, 0.2) is 34.4 Å². The summed E-state index contributed by atoms with van der Waals surface area (Å²) in [5, 5.41) is 4.96. The van der Waals surface area contributed by atoms with E-state index in [4.69, 9.17) is 0 Å². The number of hydrazone groups is 1. The summed E-state index contributed by atoms with van der Waals surface area (Å²) in [6.45, 7) is 4.01. The number of rotatable bonds is 2. The molecule has 0 unspecified atom stereocenters. The highest BCUT2D eigenvalue weighted by atomic mass is 32.2. The zero-order valence-corrected chi connectivity index (χ0v) is 10.6. The summed E-state index contributed by atoms with van der Waals surface area (Å²) < 4.78 is 13.5. The van der Waals surface area contributed by atoms with Gasteiger partial charge >= 0.3 is 0 Å². The van der Waals surface area contributed by atoms with Crippen molar-refractivity contribution < 1.29 is 4.39 Å². The highest BCUT2D eigenvalue weighted by Gasteiger charge is 2.15. The third-order valence-electron chi connectivity index (χ3n) is 2.19. The Morgan fingerprint density at radius 2 is 2.18 bits per heavy atom. The predicted molar refractivity (Wildman–Crippen MR) is 71.1 cm³/mol. The molecule has 0 fully saturated rings. The molecule has 1 N–H and O–H groups in total. The van der Waals surface area contributed by atoms with Crippen molar-refractivity contribution in [1.29, 1.82) is 0 Å². The van der Waals surface area contributed by atoms with Gasteiger partial charge in [-0.3, -0.25) is 10.4 Å². The van der Waals surface area contributed by atoms with Crippen LogP contribution in [0.25, 0.3) is 0 Å². The first-order valence-corrected chi connectivity index (χ1v) is 6.43. The Morgan fingerprint density at radius 3 is 2.76 bits per heavy atom. The van der Waals surface area contributed by atoms with Gasteiger partial charge in [-0.15, -0.1) is 0 Å². The number of hydrogen-bond acceptors (Lipinski definition) is 3. The molecular weight excluding hydrogens is 237 g/mol. The molecule has 0 saturated heterocycles. The Morgan fingerprint density at radius 1 is 1.41 bits per heavy atom. The zero-order chi connectivity index (χ0) is 12.3. The SMILES string of the molecule is CC(C)N=C1NN=C(c2ccccc2F)CS1. The van der Waals surface area contributed by atoms with Gasteiger partial charge in [0.05, 0.1) is 5.71 Å². The van der Waals surface area contributed by atoms with E-state index in [0.717, 1.165) is 10.9 Å². The Hall–Kier alpha value is -1.36. The lowest BCUT2D eigenvalue weighted by molar-refractivity contribution is 0.625. The Balaban J connectivity index is 2.17. The third kappa shape index (κ3) is 3.06. The van der Waals surface area contributed by atoms with Gasteiger partial charge in [0.25, 0.3) is 0 Å². The number of nitrogens with zero attached hydrogens (tertiary/aromatic N) is 2. The highest BCUT2D eigenvalue weighted by Crippen LogP contribution is 2.16. The van der Waals surface area contributed by atoms with E-state index >= 15 is 0 Å². The number of thioether (sulfide) groups is 1. The molecule has 3 nitrogen and oxygen atoms in total. The van der Waals surface area contributed by atoms with Crippen molar-refractivity contribution in [3.63, 3.8) is 0 Å². The van der Waals surface area contributed by atoms with Crippen LogP contribution in [0.5, 0.6) is 0 Å². The van der Waals surface area contributed by atoms with Gasteiger partial charge < -0.3 is 0 Å². The second-order valence-corrected chi connectivity index (χ2v) is 4.93. The van der Waals surface area contributed by atoms with Crippen molar-refractivity contribution in [2.75, 3.05) is 5.75 Å². The van der Waals surface area contributed by atoms with E-state index in [1.54, 1.807) is 23.9 Å². The van der Waals surface area contributed by atoms with Crippen LogP contribution in [0.3, 0.4) is 0 Å². The van der Waals surface area contributed by atoms with Crippen molar-refractivity contribution in [2.24, 2.45) is 10.1 Å². The normalized spacial score (nSPS) is 18.1. The molecular formula is C12H14FN3S. The van der Waals surface area contributed by atoms with Crippen LogP contribution >= 0.6 is 11.8 Å². The summed E-state index contributed by atoms with van der Waals surface area (Å²) in [6, 6.07) is 6.90. The summed E-state index contributed by atoms with van der Waals surface area (Å²) in [5.41, 5.74) is 4.13. The van der Waals surface area contributed by atoms with E-state index < -0.39 is 0 Å². The van der Waals surface area contributed by atoms with Crippen LogP contribution in [-0.2, 0) is 0 Å². The van der Waals surface area contributed by atoms with Gasteiger partial charge in [0, 0.05) is 17.4 Å². The Bertz CT molecular complexity index is 469. The zero-order valence-electron chi connectivity index (χ0n) is 9.77. The lowest BCUT2D eigenvalue weighted by Gasteiger charge is -2.15. The van der Waals surface area contributed by atoms with Gasteiger partial charge in [-0.2, -0.15) is 5.10 Å². The van der Waals surface area contributed by atoms with Gasteiger partial charge in [0.1, 0.15) is 5.82 Å². The second kappa shape index (κ2) is 5.31. The van der Waals surface area contributed by atoms with Gasteiger partial charge in [0.2, 0.25) is 0 Å². The number of benzene rings is 1. The predicted octanol–water partition coefficient (Wildman–Crippen LogP) is 2.63. The topological polar surface area (TPSA) is 36.8 Å². The molecule has 2 rings (SSSR count). The fraction of sp³-hybridized carbons (Fsp3) is 0.333. The molecule has 0 spiro atoms. The minimum absolute atomic E-state index is 0.232. The van der Waals surface area contributed by atoms with Crippen molar-refractivity contribution in [1.82, 2.24) is 5.43 Å². The minimum atomic E-state index is -0.238. The molecule has 1 aromatic carbocycles. The molecule has 1 heterocycles. The van der Waals surface area contributed by atoms with E-state index in [-0.39, 0.29) is 11.9 Å². The highest BCUT2D eigenvalue weighted by molar-refractivity contribution is 8.14. The molecule has 0 bridgehead atoms. The maximum absolute atomic E-state index is 13.5. The fourth-order valence-electron chi connectivity index (χ4n) is 1.45. The molecule has 1 aromatic rings. The average Bonchev–Trinajstić information content (AvgIpc) is 2.30. The first-order valence-electron chi connectivity index (χ1n) is 5.45. The van der Waals surface area contributed by atoms with E-state index in [2.05, 4.69) is 15.5 Å². The van der Waals surface area contributed by atoms with Gasteiger partial charge in [0.15, 0.2) is 5.17 Å². The average molecular weight is 251 g/mol. The van der Waals surface area contributed by atoms with Crippen molar-refractivity contribution >= 4 is 22.6 Å². The van der Waals surface area contributed by atoms with E-state index in [1.165, 1.54) is 6.07 Å². The smallest absolute Gasteiger partial charge is 0.177 e. The maximum atomic E-state index is 13.5. The van der Waals surface area contributed by atoms with E-state index in [0.29, 0.717) is 11.3 Å². The molecule has 0 aromatic heterocycles. The van der Waals surface area contributed by atoms with Crippen LogP contribution in [0.4, 0.5) is 4.39 Å². The molecule has 0 amide bonds. The molecule has 17 heavy (non-hydrogen) atoms. The number of nitrogens with one attached hydrogen (secondary N) is 1. The lowest BCUT2D eigenvalue weighted by Crippen LogP contribution is -2.26. The summed E-state index contributed by atoms with van der Waals surface area (Å²) in [5.74, 6) is 0.400. The lowest BCUT2D eigenvalue weighted by atomic mass is 10.1. The molecule has 0 aliphatic carbocycles. The summed E-state index contributed by atoms with van der Waals surface area (Å²) >= 11 is 1.54. The first kappa shape index (κ1) is 12.1. The van der Waals surface area contributed by atoms with Crippen LogP contribution in [0.2, 0.25) is 0 Å². The fourth-order valence-corrected chi connectivity index (χ4v) is 2.34. The van der Waals surface area contributed by atoms with E-state index in [9.17, 15) is 4.39 Å². The molecule has 0 radical (unpaired) electrons. The second-order valence-electron chi connectivity index (χ2n) is 3.97. The summed E-state index contributed by atoms with van der Waals surface area (Å²) in [7, 11) is 0. The van der Waals surface area contributed by atoms with E-state index in [1.807, 2.05) is 19.9 Å². The maximum Gasteiger partial charge on any atom is 0.177 e. The van der Waals surface area contributed by atoms with Gasteiger partial charge in [-0.1, -0.05) is 30.0 Å². The van der Waals surface area contributed by atoms with Crippen LogP contribution < -0.4 is 5.43 Å². The number of halogens is 1. The first-order chi connectivity index (χ1) is 8.16. The quantitative estimate of drug-likeness (QED) is 0.877. The van der Waals surface area contributed by atoms with Crippen molar-refractivity contribution in [3.05, 3.63) is 35.6 Å². The largest absolute Gasteiger partial charge is 0.258 e. The molecule has 1 aliphatic rings. The minimum Gasteiger partial charge on any atom is -0.258 e. The molecule has 0 saturated carbocycles. The molecule has 1 aliphatic heterocycles. The summed E-state index contributed by atoms with van der Waals surface area (Å²) in [4.78, 5) is 4.35. The number of aliphatic imine (C=N–C) groups is 1. The number of hydrogen-bond donors (Lipinski definition) is 1. The number of amidine groups is 1. The molecule has 0 atom stereocenters. The standard InChI is InChI=1S/C12H14FN3S/c1-8(2)14-12-16-15-11(7-17-12)9-5-3-4-6-10(9)13/h3-6,8H,7H2,1-2H3,(H,14,16). The van der Waals surface area contributed by atoms with Crippen LogP contribution in [-0.4, -0.2) is 22.7 Å². The Labute approximate surface area is 104 Å². The third-order valence-corrected chi connectivity index (χ3v) is 3.08. The monoisotopic (exact) mass is 251 g/mol.